The fourth-order valence-corrected chi connectivity index (χ4v) is 5.98. The molecule has 1 aromatic heterocycles. The SMILES string of the molecule is CCOc1ccccc1N1C(=O)/C(=C\c2ccc(OC)c(CSc3nc(C(F)F)cc(-c4ccccc4)c3C#N)c2)NC1=S. The number of halogens is 2. The molecule has 1 aliphatic rings. The molecule has 11 heteroatoms. The van der Waals surface area contributed by atoms with E-state index >= 15 is 0 Å². The van der Waals surface area contributed by atoms with Crippen LogP contribution in [0, 0.1) is 11.3 Å². The maximum atomic E-state index is 13.8. The Hall–Kier alpha value is -4.79. The van der Waals surface area contributed by atoms with Crippen LogP contribution in [-0.2, 0) is 10.5 Å². The molecule has 1 N–H and O–H groups in total. The number of anilines is 1. The first-order chi connectivity index (χ1) is 21.3. The first-order valence-corrected chi connectivity index (χ1v) is 14.9. The highest BCUT2D eigenvalue weighted by atomic mass is 32.2. The number of nitrogens with one attached hydrogen (secondary N) is 1. The van der Waals surface area contributed by atoms with Gasteiger partial charge in [-0.2, -0.15) is 5.26 Å². The highest BCUT2D eigenvalue weighted by molar-refractivity contribution is 7.98. The van der Waals surface area contributed by atoms with Gasteiger partial charge in [0.1, 0.15) is 34.0 Å². The average Bonchev–Trinajstić information content (AvgIpc) is 3.31. The molecule has 5 rings (SSSR count). The molecule has 0 atom stereocenters. The number of rotatable bonds is 10. The van der Waals surface area contributed by atoms with Crippen LogP contribution < -0.4 is 19.7 Å². The van der Waals surface area contributed by atoms with E-state index in [4.69, 9.17) is 21.7 Å². The van der Waals surface area contributed by atoms with Gasteiger partial charge in [-0.1, -0.05) is 48.5 Å². The topological polar surface area (TPSA) is 87.5 Å². The number of nitrogens with zero attached hydrogens (tertiary/aromatic N) is 3. The van der Waals surface area contributed by atoms with Gasteiger partial charge in [-0.05, 0) is 66.7 Å². The standard InChI is InChI=1S/C33H26F2N4O3S2/c1-3-42-29-12-8-7-11-27(29)39-32(40)26(38-33(39)43)16-20-13-14-28(41-2)22(15-20)19-44-31-24(18-36)23(17-25(37-31)30(34)35)21-9-5-4-6-10-21/h4-17,30H,3,19H2,1-2H3,(H,38,43)/b26-16+. The number of pyridine rings is 1. The van der Waals surface area contributed by atoms with E-state index in [0.29, 0.717) is 46.0 Å². The van der Waals surface area contributed by atoms with Crippen LogP contribution in [0.2, 0.25) is 0 Å². The van der Waals surface area contributed by atoms with Gasteiger partial charge in [0, 0.05) is 16.9 Å². The third kappa shape index (κ3) is 6.41. The lowest BCUT2D eigenvalue weighted by Crippen LogP contribution is -2.30. The van der Waals surface area contributed by atoms with E-state index in [1.165, 1.54) is 18.1 Å². The van der Waals surface area contributed by atoms with E-state index < -0.39 is 12.1 Å². The van der Waals surface area contributed by atoms with Crippen molar-refractivity contribution in [2.24, 2.45) is 0 Å². The average molecular weight is 629 g/mol. The Morgan fingerprint density at radius 1 is 1.09 bits per heavy atom. The first-order valence-electron chi connectivity index (χ1n) is 13.5. The lowest BCUT2D eigenvalue weighted by Gasteiger charge is -2.18. The number of hydrogen-bond donors (Lipinski definition) is 1. The number of thioether (sulfide) groups is 1. The quantitative estimate of drug-likeness (QED) is 0.110. The molecule has 0 radical (unpaired) electrons. The second-order valence-corrected chi connectivity index (χ2v) is 10.8. The van der Waals surface area contributed by atoms with E-state index in [2.05, 4.69) is 16.4 Å². The van der Waals surface area contributed by atoms with E-state index in [9.17, 15) is 18.8 Å². The Morgan fingerprint density at radius 2 is 1.84 bits per heavy atom. The minimum Gasteiger partial charge on any atom is -0.496 e. The van der Waals surface area contributed by atoms with E-state index in [1.807, 2.05) is 25.1 Å². The van der Waals surface area contributed by atoms with Crippen molar-refractivity contribution in [3.05, 3.63) is 107 Å². The third-order valence-corrected chi connectivity index (χ3v) is 8.00. The van der Waals surface area contributed by atoms with Crippen LogP contribution in [0.15, 0.2) is 89.6 Å². The van der Waals surface area contributed by atoms with Gasteiger partial charge in [0.05, 0.1) is 25.0 Å². The normalized spacial score (nSPS) is 13.7. The van der Waals surface area contributed by atoms with Gasteiger partial charge in [-0.25, -0.2) is 18.7 Å². The molecule has 0 spiro atoms. The molecule has 0 unspecified atom stereocenters. The monoisotopic (exact) mass is 628 g/mol. The van der Waals surface area contributed by atoms with Crippen LogP contribution in [-0.4, -0.2) is 29.7 Å². The Balaban J connectivity index is 1.45. The van der Waals surface area contributed by atoms with Crippen LogP contribution >= 0.6 is 24.0 Å². The predicted molar refractivity (Wildman–Crippen MR) is 171 cm³/mol. The van der Waals surface area contributed by atoms with E-state index in [1.54, 1.807) is 60.7 Å². The molecule has 1 amide bonds. The lowest BCUT2D eigenvalue weighted by molar-refractivity contribution is -0.113. The number of thiocarbonyl (C=S) groups is 1. The molecule has 1 aliphatic heterocycles. The Bertz CT molecular complexity index is 1790. The fourth-order valence-electron chi connectivity index (χ4n) is 4.70. The van der Waals surface area contributed by atoms with Crippen molar-refractivity contribution in [1.29, 1.82) is 5.26 Å². The van der Waals surface area contributed by atoms with Crippen molar-refractivity contribution in [3.8, 4) is 28.7 Å². The van der Waals surface area contributed by atoms with Crippen molar-refractivity contribution < 1.29 is 23.0 Å². The molecule has 1 saturated heterocycles. The summed E-state index contributed by atoms with van der Waals surface area (Å²) in [6, 6.07) is 24.9. The first kappa shape index (κ1) is 30.7. The second-order valence-electron chi connectivity index (χ2n) is 9.44. The van der Waals surface area contributed by atoms with Crippen molar-refractivity contribution in [3.63, 3.8) is 0 Å². The summed E-state index contributed by atoms with van der Waals surface area (Å²) >= 11 is 6.64. The molecule has 0 saturated carbocycles. The Kier molecular flexibility index (Phi) is 9.53. The van der Waals surface area contributed by atoms with Crippen molar-refractivity contribution in [1.82, 2.24) is 10.3 Å². The van der Waals surface area contributed by atoms with Gasteiger partial charge in [-0.15, -0.1) is 11.8 Å². The number of hydrogen-bond acceptors (Lipinski definition) is 7. The van der Waals surface area contributed by atoms with Crippen LogP contribution in [0.3, 0.4) is 0 Å². The summed E-state index contributed by atoms with van der Waals surface area (Å²) in [6.45, 7) is 2.29. The summed E-state index contributed by atoms with van der Waals surface area (Å²) in [5, 5.41) is 13.4. The van der Waals surface area contributed by atoms with Crippen LogP contribution in [0.1, 0.15) is 35.7 Å². The minimum absolute atomic E-state index is 0.191. The molecule has 0 bridgehead atoms. The molecule has 44 heavy (non-hydrogen) atoms. The maximum Gasteiger partial charge on any atom is 0.281 e. The highest BCUT2D eigenvalue weighted by Crippen LogP contribution is 2.37. The fraction of sp³-hybridized carbons (Fsp3) is 0.152. The molecular formula is C33H26F2N4O3S2. The van der Waals surface area contributed by atoms with Crippen molar-refractivity contribution in [2.75, 3.05) is 18.6 Å². The lowest BCUT2D eigenvalue weighted by atomic mass is 10.0. The summed E-state index contributed by atoms with van der Waals surface area (Å²) in [4.78, 5) is 19.0. The number of para-hydroxylation sites is 2. The third-order valence-electron chi connectivity index (χ3n) is 6.69. The van der Waals surface area contributed by atoms with E-state index in [-0.39, 0.29) is 33.1 Å². The number of aromatic nitrogens is 1. The Labute approximate surface area is 263 Å². The largest absolute Gasteiger partial charge is 0.496 e. The number of benzene rings is 3. The van der Waals surface area contributed by atoms with Gasteiger partial charge in [0.25, 0.3) is 12.3 Å². The molecule has 7 nitrogen and oxygen atoms in total. The van der Waals surface area contributed by atoms with Crippen LogP contribution in [0.5, 0.6) is 11.5 Å². The summed E-state index contributed by atoms with van der Waals surface area (Å²) in [6.07, 6.45) is -1.13. The van der Waals surface area contributed by atoms with Gasteiger partial charge >= 0.3 is 0 Å². The molecule has 3 aromatic carbocycles. The molecule has 222 valence electrons. The van der Waals surface area contributed by atoms with Gasteiger partial charge in [0.2, 0.25) is 0 Å². The summed E-state index contributed by atoms with van der Waals surface area (Å²) < 4.78 is 38.9. The number of nitriles is 1. The van der Waals surface area contributed by atoms with Crippen molar-refractivity contribution >= 4 is 46.8 Å². The zero-order chi connectivity index (χ0) is 31.2. The zero-order valence-electron chi connectivity index (χ0n) is 23.7. The highest BCUT2D eigenvalue weighted by Gasteiger charge is 2.33. The molecule has 1 fully saturated rings. The second kappa shape index (κ2) is 13.7. The summed E-state index contributed by atoms with van der Waals surface area (Å²) in [5.41, 5.74) is 3.05. The molecule has 4 aromatic rings. The van der Waals surface area contributed by atoms with Gasteiger partial charge < -0.3 is 14.8 Å². The molecule has 2 heterocycles. The Morgan fingerprint density at radius 3 is 2.55 bits per heavy atom. The molecule has 0 aliphatic carbocycles. The van der Waals surface area contributed by atoms with Crippen LogP contribution in [0.25, 0.3) is 17.2 Å². The van der Waals surface area contributed by atoms with Gasteiger partial charge in [0.15, 0.2) is 5.11 Å². The van der Waals surface area contributed by atoms with Gasteiger partial charge in [-0.3, -0.25) is 4.79 Å². The summed E-state index contributed by atoms with van der Waals surface area (Å²) in [7, 11) is 1.53. The van der Waals surface area contributed by atoms with E-state index in [0.717, 1.165) is 11.8 Å². The number of methoxy groups -OCH3 is 1. The molecular weight excluding hydrogens is 603 g/mol. The number of ether oxygens (including phenoxy) is 2. The number of carbonyl (C=O) groups is 1. The number of alkyl halides is 2. The number of amides is 1. The van der Waals surface area contributed by atoms with Crippen molar-refractivity contribution in [2.45, 2.75) is 24.1 Å². The minimum atomic E-state index is -2.81. The maximum absolute atomic E-state index is 13.8. The summed E-state index contributed by atoms with van der Waals surface area (Å²) in [5.74, 6) is 1.01. The number of carbonyl (C=O) groups excluding carboxylic acids is 1. The zero-order valence-corrected chi connectivity index (χ0v) is 25.3. The van der Waals surface area contributed by atoms with Crippen LogP contribution in [0.4, 0.5) is 14.5 Å². The predicted octanol–water partition coefficient (Wildman–Crippen LogP) is 7.52. The smallest absolute Gasteiger partial charge is 0.281 e.